The van der Waals surface area contributed by atoms with Crippen molar-refractivity contribution in [2.24, 2.45) is 0 Å². The zero-order valence-electron chi connectivity index (χ0n) is 25.3. The van der Waals surface area contributed by atoms with E-state index in [1.54, 1.807) is 16.7 Å². The van der Waals surface area contributed by atoms with Gasteiger partial charge in [0.15, 0.2) is 0 Å². The zero-order chi connectivity index (χ0) is 31.5. The van der Waals surface area contributed by atoms with Gasteiger partial charge in [-0.1, -0.05) is 40.2 Å². The first-order chi connectivity index (χ1) is 21.9. The van der Waals surface area contributed by atoms with Crippen LogP contribution in [-0.4, -0.2) is 97.7 Å². The fourth-order valence-electron chi connectivity index (χ4n) is 5.93. The molecule has 1 saturated heterocycles. The Morgan fingerprint density at radius 3 is 2.56 bits per heavy atom. The maximum absolute atomic E-state index is 14.1. The van der Waals surface area contributed by atoms with Gasteiger partial charge in [0.2, 0.25) is 0 Å². The Bertz CT molecular complexity index is 1730. The highest BCUT2D eigenvalue weighted by atomic mass is 79.9. The third-order valence-corrected chi connectivity index (χ3v) is 9.04. The number of halogens is 1. The van der Waals surface area contributed by atoms with E-state index in [-0.39, 0.29) is 24.5 Å². The Morgan fingerprint density at radius 2 is 1.80 bits per heavy atom. The van der Waals surface area contributed by atoms with E-state index in [0.717, 1.165) is 46.0 Å². The Balaban J connectivity index is 1.25. The highest BCUT2D eigenvalue weighted by molar-refractivity contribution is 9.09. The highest BCUT2D eigenvalue weighted by Crippen LogP contribution is 2.46. The molecule has 2 aliphatic heterocycles. The predicted molar refractivity (Wildman–Crippen MR) is 176 cm³/mol. The molecule has 1 atom stereocenters. The molecule has 12 heteroatoms. The van der Waals surface area contributed by atoms with Crippen molar-refractivity contribution in [3.8, 4) is 11.5 Å². The Hall–Kier alpha value is -4.29. The van der Waals surface area contributed by atoms with Crippen LogP contribution in [0.2, 0.25) is 0 Å². The van der Waals surface area contributed by atoms with Crippen LogP contribution >= 0.6 is 15.9 Å². The summed E-state index contributed by atoms with van der Waals surface area (Å²) in [6, 6.07) is 17.1. The third kappa shape index (κ3) is 6.43. The van der Waals surface area contributed by atoms with Crippen LogP contribution in [0.5, 0.6) is 11.5 Å². The molecule has 0 spiro atoms. The van der Waals surface area contributed by atoms with Crippen molar-refractivity contribution in [3.63, 3.8) is 0 Å². The molecular formula is C33H36BrN5O6. The molecule has 6 rings (SSSR count). The summed E-state index contributed by atoms with van der Waals surface area (Å²) in [4.78, 5) is 47.7. The molecule has 0 saturated carbocycles. The van der Waals surface area contributed by atoms with Crippen LogP contribution in [0.3, 0.4) is 0 Å². The van der Waals surface area contributed by atoms with Gasteiger partial charge in [-0.15, -0.1) is 0 Å². The number of hydrogen-bond donors (Lipinski definition) is 2. The van der Waals surface area contributed by atoms with Crippen LogP contribution in [0.15, 0.2) is 54.6 Å². The first-order valence-corrected chi connectivity index (χ1v) is 16.2. The molecule has 0 unspecified atom stereocenters. The second-order valence-electron chi connectivity index (χ2n) is 11.2. The summed E-state index contributed by atoms with van der Waals surface area (Å²) in [6.45, 7) is 5.90. The number of alkyl carbamates (subject to hydrolysis) is 1. The largest absolute Gasteiger partial charge is 0.492 e. The molecule has 45 heavy (non-hydrogen) atoms. The van der Waals surface area contributed by atoms with Gasteiger partial charge in [-0.05, 0) is 49.2 Å². The number of aromatic nitrogens is 1. The number of likely N-dealkylation sites (N-methyl/N-ethyl adjacent to an activating group) is 1. The van der Waals surface area contributed by atoms with Crippen molar-refractivity contribution in [1.29, 1.82) is 0 Å². The standard InChI is InChI=1S/C33H36BrN5O6/c1-3-43-32(41)35-10-15-44-23-8-9-26-21(16-23)17-27(36-26)31(40)39-20-22(19-34)30-25-7-5-4-6-24(25)29(18-28(30)39)45-33(42)38-13-11-37(2)12-14-38/h4-9,16-18,22,36H,3,10-15,19-20H2,1-2H3,(H,35,41)/t22-/m1/s1. The summed E-state index contributed by atoms with van der Waals surface area (Å²) < 4.78 is 16.7. The van der Waals surface area contributed by atoms with E-state index in [2.05, 4.69) is 31.1 Å². The maximum atomic E-state index is 14.1. The number of amides is 3. The molecule has 1 aromatic heterocycles. The molecule has 3 aromatic carbocycles. The van der Waals surface area contributed by atoms with Gasteiger partial charge in [-0.2, -0.15) is 0 Å². The van der Waals surface area contributed by atoms with E-state index in [4.69, 9.17) is 14.2 Å². The molecule has 0 radical (unpaired) electrons. The number of anilines is 1. The fraction of sp³-hybridized carbons (Fsp3) is 0.364. The topological polar surface area (TPSA) is 116 Å². The summed E-state index contributed by atoms with van der Waals surface area (Å²) in [5, 5.41) is 5.93. The number of nitrogens with one attached hydrogen (secondary N) is 2. The van der Waals surface area contributed by atoms with Gasteiger partial charge in [0.05, 0.1) is 18.8 Å². The van der Waals surface area contributed by atoms with Gasteiger partial charge in [0, 0.05) is 66.3 Å². The second-order valence-corrected chi connectivity index (χ2v) is 11.9. The number of piperazine rings is 1. The van der Waals surface area contributed by atoms with Crippen LogP contribution in [0.25, 0.3) is 21.7 Å². The molecule has 1 fully saturated rings. The maximum Gasteiger partial charge on any atom is 0.415 e. The van der Waals surface area contributed by atoms with E-state index < -0.39 is 6.09 Å². The average molecular weight is 679 g/mol. The first kappa shape index (κ1) is 30.7. The number of carbonyl (C=O) groups excluding carboxylic acids is 3. The SMILES string of the molecule is CCOC(=O)NCCOc1ccc2[nH]c(C(=O)N3C[C@@H](CBr)c4c3cc(OC(=O)N3CCN(C)CC3)c3ccccc43)cc2c1. The quantitative estimate of drug-likeness (QED) is 0.191. The lowest BCUT2D eigenvalue weighted by Gasteiger charge is -2.31. The van der Waals surface area contributed by atoms with Crippen molar-refractivity contribution in [2.75, 3.05) is 69.8 Å². The van der Waals surface area contributed by atoms with Crippen molar-refractivity contribution in [2.45, 2.75) is 12.8 Å². The normalized spacial score (nSPS) is 16.6. The number of rotatable bonds is 8. The molecule has 3 amide bonds. The fourth-order valence-corrected chi connectivity index (χ4v) is 6.46. The smallest absolute Gasteiger partial charge is 0.415 e. The number of ether oxygens (including phenoxy) is 3. The lowest BCUT2D eigenvalue weighted by Crippen LogP contribution is -2.48. The summed E-state index contributed by atoms with van der Waals surface area (Å²) in [6.07, 6.45) is -0.865. The van der Waals surface area contributed by atoms with Gasteiger partial charge in [-0.3, -0.25) is 4.79 Å². The second kappa shape index (κ2) is 13.4. The van der Waals surface area contributed by atoms with E-state index in [9.17, 15) is 14.4 Å². The third-order valence-electron chi connectivity index (χ3n) is 8.26. The molecule has 11 nitrogen and oxygen atoms in total. The van der Waals surface area contributed by atoms with Crippen LogP contribution in [0, 0.1) is 0 Å². The number of fused-ring (bicyclic) bond motifs is 4. The average Bonchev–Trinajstić information content (AvgIpc) is 3.65. The molecule has 0 bridgehead atoms. The molecular weight excluding hydrogens is 642 g/mol. The van der Waals surface area contributed by atoms with E-state index in [1.807, 2.05) is 61.6 Å². The number of nitrogens with zero attached hydrogens (tertiary/aromatic N) is 3. The van der Waals surface area contributed by atoms with Gasteiger partial charge in [-0.25, -0.2) is 9.59 Å². The van der Waals surface area contributed by atoms with Gasteiger partial charge in [0.1, 0.15) is 23.8 Å². The summed E-state index contributed by atoms with van der Waals surface area (Å²) in [5.41, 5.74) is 3.03. The Labute approximate surface area is 269 Å². The van der Waals surface area contributed by atoms with E-state index in [0.29, 0.717) is 55.3 Å². The van der Waals surface area contributed by atoms with Gasteiger partial charge in [0.25, 0.3) is 5.91 Å². The number of hydrogen-bond acceptors (Lipinski definition) is 7. The van der Waals surface area contributed by atoms with Crippen LogP contribution in [-0.2, 0) is 4.74 Å². The molecule has 0 aliphatic carbocycles. The molecule has 2 N–H and O–H groups in total. The van der Waals surface area contributed by atoms with Crippen LogP contribution < -0.4 is 19.7 Å². The minimum atomic E-state index is -0.482. The molecule has 2 aliphatic rings. The van der Waals surface area contributed by atoms with Crippen molar-refractivity contribution < 1.29 is 28.6 Å². The number of aromatic amines is 1. The Kier molecular flexibility index (Phi) is 9.13. The predicted octanol–water partition coefficient (Wildman–Crippen LogP) is 5.33. The number of alkyl halides is 1. The number of H-pyrrole nitrogens is 1. The zero-order valence-corrected chi connectivity index (χ0v) is 26.9. The minimum Gasteiger partial charge on any atom is -0.492 e. The molecule has 236 valence electrons. The number of benzene rings is 3. The summed E-state index contributed by atoms with van der Waals surface area (Å²) in [7, 11) is 2.04. The Morgan fingerprint density at radius 1 is 1.02 bits per heavy atom. The lowest BCUT2D eigenvalue weighted by atomic mass is 9.95. The van der Waals surface area contributed by atoms with Crippen molar-refractivity contribution in [1.82, 2.24) is 20.1 Å². The van der Waals surface area contributed by atoms with Crippen molar-refractivity contribution >= 4 is 61.4 Å². The lowest BCUT2D eigenvalue weighted by molar-refractivity contribution is 0.0984. The van der Waals surface area contributed by atoms with E-state index >= 15 is 0 Å². The summed E-state index contributed by atoms with van der Waals surface area (Å²) >= 11 is 3.67. The number of carbonyl (C=O) groups is 3. The first-order valence-electron chi connectivity index (χ1n) is 15.1. The van der Waals surface area contributed by atoms with Gasteiger partial charge < -0.3 is 39.2 Å². The summed E-state index contributed by atoms with van der Waals surface area (Å²) in [5.74, 6) is 0.944. The molecule has 4 aromatic rings. The minimum absolute atomic E-state index is 0.0591. The highest BCUT2D eigenvalue weighted by Gasteiger charge is 2.36. The monoisotopic (exact) mass is 677 g/mol. The van der Waals surface area contributed by atoms with Gasteiger partial charge >= 0.3 is 12.2 Å². The van der Waals surface area contributed by atoms with Crippen molar-refractivity contribution in [3.05, 3.63) is 65.9 Å². The molecule has 3 heterocycles. The van der Waals surface area contributed by atoms with Crippen LogP contribution in [0.4, 0.5) is 15.3 Å². The van der Waals surface area contributed by atoms with Crippen LogP contribution in [0.1, 0.15) is 28.9 Å². The van der Waals surface area contributed by atoms with E-state index in [1.165, 1.54) is 0 Å².